The third-order valence-electron chi connectivity index (χ3n) is 6.80. The third kappa shape index (κ3) is 4.85. The van der Waals surface area contributed by atoms with Crippen LogP contribution in [-0.4, -0.2) is 45.8 Å². The summed E-state index contributed by atoms with van der Waals surface area (Å²) in [6.07, 6.45) is 1.38. The predicted molar refractivity (Wildman–Crippen MR) is 138 cm³/mol. The number of amides is 3. The van der Waals surface area contributed by atoms with Crippen LogP contribution in [0.25, 0.3) is 10.9 Å². The molecule has 0 fully saturated rings. The largest absolute Gasteiger partial charge is 0.354 e. The van der Waals surface area contributed by atoms with Gasteiger partial charge >= 0.3 is 0 Å². The van der Waals surface area contributed by atoms with Gasteiger partial charge in [0.25, 0.3) is 5.91 Å². The summed E-state index contributed by atoms with van der Waals surface area (Å²) in [5.41, 5.74) is 0.986. The molecule has 3 amide bonds. The van der Waals surface area contributed by atoms with Crippen LogP contribution in [0, 0.1) is 11.7 Å². The van der Waals surface area contributed by atoms with E-state index in [0.29, 0.717) is 36.3 Å². The minimum absolute atomic E-state index is 0.179. The van der Waals surface area contributed by atoms with Gasteiger partial charge in [0.05, 0.1) is 17.7 Å². The van der Waals surface area contributed by atoms with E-state index in [9.17, 15) is 18.8 Å². The van der Waals surface area contributed by atoms with Crippen LogP contribution in [0.4, 0.5) is 10.1 Å². The van der Waals surface area contributed by atoms with Crippen molar-refractivity contribution in [1.29, 1.82) is 0 Å². The summed E-state index contributed by atoms with van der Waals surface area (Å²) in [5, 5.41) is 6.19. The van der Waals surface area contributed by atoms with Crippen LogP contribution < -0.4 is 10.6 Å². The lowest BCUT2D eigenvalue weighted by molar-refractivity contribution is -0.132. The van der Waals surface area contributed by atoms with Crippen LogP contribution >= 0.6 is 0 Å². The number of fused-ring (bicyclic) bond motifs is 3. The summed E-state index contributed by atoms with van der Waals surface area (Å²) in [6.45, 7) is 8.30. The normalized spacial score (nSPS) is 17.4. The van der Waals surface area contributed by atoms with Crippen LogP contribution in [0.3, 0.4) is 0 Å². The number of rotatable bonds is 8. The van der Waals surface area contributed by atoms with E-state index < -0.39 is 11.4 Å². The number of carbonyl (C=O) groups is 3. The Hall–Kier alpha value is -3.68. The topological polar surface area (TPSA) is 83.4 Å². The van der Waals surface area contributed by atoms with Gasteiger partial charge in [-0.15, -0.1) is 0 Å². The zero-order chi connectivity index (χ0) is 26.0. The minimum atomic E-state index is -1.18. The van der Waals surface area contributed by atoms with Crippen LogP contribution in [-0.2, 0) is 22.6 Å². The molecule has 1 aliphatic rings. The molecule has 2 aromatic carbocycles. The molecule has 1 unspecified atom stereocenters. The first kappa shape index (κ1) is 25.4. The van der Waals surface area contributed by atoms with Gasteiger partial charge in [-0.1, -0.05) is 44.2 Å². The summed E-state index contributed by atoms with van der Waals surface area (Å²) in [4.78, 5) is 41.3. The summed E-state index contributed by atoms with van der Waals surface area (Å²) in [6, 6.07) is 14.0. The molecule has 0 spiro atoms. The average molecular weight is 493 g/mol. The molecule has 0 aliphatic carbocycles. The highest BCUT2D eigenvalue weighted by Crippen LogP contribution is 2.39. The molecular weight excluding hydrogens is 459 g/mol. The molecule has 190 valence electrons. The molecule has 1 aromatic heterocycles. The quantitative estimate of drug-likeness (QED) is 0.490. The highest BCUT2D eigenvalue weighted by Gasteiger charge is 2.48. The van der Waals surface area contributed by atoms with Crippen molar-refractivity contribution >= 4 is 34.3 Å². The molecule has 2 N–H and O–H groups in total. The fourth-order valence-electron chi connectivity index (χ4n) is 4.85. The number of benzene rings is 2. The Morgan fingerprint density at radius 2 is 1.86 bits per heavy atom. The van der Waals surface area contributed by atoms with E-state index in [4.69, 9.17) is 0 Å². The Labute approximate surface area is 210 Å². The number of hydrogen-bond acceptors (Lipinski definition) is 3. The summed E-state index contributed by atoms with van der Waals surface area (Å²) in [7, 11) is 0. The number of halogens is 1. The van der Waals surface area contributed by atoms with Crippen molar-refractivity contribution in [3.8, 4) is 0 Å². The SMILES string of the molecule is CC(=O)Nc1c2n(c3ccc(F)cc13)CC(C)(C(=O)NCCC(C)C)N(CCc1ccccc1)C2=O. The minimum Gasteiger partial charge on any atom is -0.354 e. The lowest BCUT2D eigenvalue weighted by Crippen LogP contribution is -2.64. The molecule has 36 heavy (non-hydrogen) atoms. The Morgan fingerprint density at radius 1 is 1.14 bits per heavy atom. The second kappa shape index (κ2) is 10.1. The van der Waals surface area contributed by atoms with Gasteiger partial charge in [0.15, 0.2) is 0 Å². The highest BCUT2D eigenvalue weighted by atomic mass is 19.1. The number of anilines is 1. The molecule has 7 nitrogen and oxygen atoms in total. The maximum atomic E-state index is 14.2. The fourth-order valence-corrected chi connectivity index (χ4v) is 4.85. The van der Waals surface area contributed by atoms with E-state index in [1.807, 2.05) is 30.3 Å². The molecule has 1 atom stereocenters. The number of nitrogens with one attached hydrogen (secondary N) is 2. The van der Waals surface area contributed by atoms with Crippen LogP contribution in [0.5, 0.6) is 0 Å². The van der Waals surface area contributed by atoms with Gasteiger partial charge in [0.1, 0.15) is 17.1 Å². The first-order valence-corrected chi connectivity index (χ1v) is 12.4. The standard InChI is InChI=1S/C28H33FN4O3/c1-18(2)12-14-30-27(36)28(4)17-32-23-11-10-21(29)16-22(23)24(31-19(3)34)25(32)26(35)33(28)15-13-20-8-6-5-7-9-20/h5-11,16,18H,12-15,17H2,1-4H3,(H,30,36)(H,31,34). The Bertz CT molecular complexity index is 1300. The average Bonchev–Trinajstić information content (AvgIpc) is 3.10. The van der Waals surface area contributed by atoms with E-state index in [1.54, 1.807) is 22.5 Å². The van der Waals surface area contributed by atoms with Gasteiger partial charge in [-0.25, -0.2) is 4.39 Å². The number of hydrogen-bond donors (Lipinski definition) is 2. The molecule has 4 rings (SSSR count). The molecule has 3 aromatic rings. The molecule has 8 heteroatoms. The Balaban J connectivity index is 1.80. The van der Waals surface area contributed by atoms with Gasteiger partial charge < -0.3 is 20.1 Å². The first-order chi connectivity index (χ1) is 17.1. The number of aromatic nitrogens is 1. The monoisotopic (exact) mass is 492 g/mol. The fraction of sp³-hybridized carbons (Fsp3) is 0.393. The van der Waals surface area contributed by atoms with Crippen molar-refractivity contribution in [3.05, 3.63) is 65.6 Å². The van der Waals surface area contributed by atoms with Gasteiger partial charge in [0.2, 0.25) is 11.8 Å². The molecule has 1 aliphatic heterocycles. The predicted octanol–water partition coefficient (Wildman–Crippen LogP) is 4.36. The maximum Gasteiger partial charge on any atom is 0.273 e. The first-order valence-electron chi connectivity index (χ1n) is 12.4. The zero-order valence-electron chi connectivity index (χ0n) is 21.2. The highest BCUT2D eigenvalue weighted by molar-refractivity contribution is 6.14. The van der Waals surface area contributed by atoms with Crippen LogP contribution in [0.1, 0.15) is 50.2 Å². The summed E-state index contributed by atoms with van der Waals surface area (Å²) >= 11 is 0. The van der Waals surface area contributed by atoms with Crippen molar-refractivity contribution < 1.29 is 18.8 Å². The van der Waals surface area contributed by atoms with Crippen molar-refractivity contribution in [2.45, 2.75) is 52.6 Å². The second-order valence-corrected chi connectivity index (χ2v) is 10.1. The van der Waals surface area contributed by atoms with Gasteiger partial charge in [0, 0.05) is 25.4 Å². The second-order valence-electron chi connectivity index (χ2n) is 10.1. The van der Waals surface area contributed by atoms with Crippen molar-refractivity contribution in [3.63, 3.8) is 0 Å². The van der Waals surface area contributed by atoms with E-state index in [2.05, 4.69) is 24.5 Å². The number of nitrogens with zero attached hydrogens (tertiary/aromatic N) is 2. The van der Waals surface area contributed by atoms with Gasteiger partial charge in [-0.2, -0.15) is 0 Å². The van der Waals surface area contributed by atoms with E-state index in [-0.39, 0.29) is 35.6 Å². The van der Waals surface area contributed by atoms with E-state index in [0.717, 1.165) is 12.0 Å². The summed E-state index contributed by atoms with van der Waals surface area (Å²) < 4.78 is 15.9. The van der Waals surface area contributed by atoms with Crippen LogP contribution in [0.2, 0.25) is 0 Å². The molecule has 0 saturated carbocycles. The van der Waals surface area contributed by atoms with Crippen molar-refractivity contribution in [2.75, 3.05) is 18.4 Å². The van der Waals surface area contributed by atoms with Crippen LogP contribution in [0.15, 0.2) is 48.5 Å². The molecule has 0 bridgehead atoms. The van der Waals surface area contributed by atoms with Crippen molar-refractivity contribution in [1.82, 2.24) is 14.8 Å². The smallest absolute Gasteiger partial charge is 0.273 e. The molecular formula is C28H33FN4O3. The van der Waals surface area contributed by atoms with E-state index >= 15 is 0 Å². The molecule has 0 radical (unpaired) electrons. The summed E-state index contributed by atoms with van der Waals surface area (Å²) in [5.74, 6) is -1.02. The maximum absolute atomic E-state index is 14.2. The molecule has 2 heterocycles. The van der Waals surface area contributed by atoms with Crippen molar-refractivity contribution in [2.24, 2.45) is 5.92 Å². The lowest BCUT2D eigenvalue weighted by atomic mass is 9.93. The number of carbonyl (C=O) groups excluding carboxylic acids is 3. The van der Waals surface area contributed by atoms with E-state index in [1.165, 1.54) is 19.1 Å². The Morgan fingerprint density at radius 3 is 2.53 bits per heavy atom. The zero-order valence-corrected chi connectivity index (χ0v) is 21.2. The lowest BCUT2D eigenvalue weighted by Gasteiger charge is -2.44. The third-order valence-corrected chi connectivity index (χ3v) is 6.80. The Kier molecular flexibility index (Phi) is 7.15. The molecule has 0 saturated heterocycles. The van der Waals surface area contributed by atoms with Gasteiger partial charge in [-0.05, 0) is 49.4 Å². The van der Waals surface area contributed by atoms with Gasteiger partial charge in [-0.3, -0.25) is 14.4 Å².